The second-order valence-electron chi connectivity index (χ2n) is 9.88. The fourth-order valence-electron chi connectivity index (χ4n) is 5.62. The Morgan fingerprint density at radius 3 is 2.14 bits per heavy atom. The van der Waals surface area contributed by atoms with Gasteiger partial charge in [-0.25, -0.2) is 0 Å². The van der Waals surface area contributed by atoms with E-state index in [1.54, 1.807) is 72.8 Å². The maximum Gasteiger partial charge on any atom is 0.304 e. The smallest absolute Gasteiger partial charge is 0.304 e. The Balaban J connectivity index is 1.33. The molecule has 0 aromatic heterocycles. The highest BCUT2D eigenvalue weighted by Gasteiger charge is 2.49. The van der Waals surface area contributed by atoms with E-state index < -0.39 is 17.7 Å². The van der Waals surface area contributed by atoms with Crippen LogP contribution in [0.1, 0.15) is 24.0 Å². The summed E-state index contributed by atoms with van der Waals surface area (Å²) in [5.74, 6) is -0.699. The molecule has 3 fully saturated rings. The number of rotatable bonds is 7. The number of esters is 1. The molecule has 1 N–H and O–H groups in total. The quantitative estimate of drug-likeness (QED) is 0.393. The third-order valence-corrected chi connectivity index (χ3v) is 7.77. The average Bonchev–Trinajstić information content (AvgIpc) is 2.89. The Hall–Kier alpha value is -3.19. The van der Waals surface area contributed by atoms with Crippen LogP contribution in [-0.4, -0.2) is 48.6 Å². The van der Waals surface area contributed by atoms with Gasteiger partial charge < -0.3 is 19.6 Å². The van der Waals surface area contributed by atoms with E-state index in [9.17, 15) is 14.7 Å². The van der Waals surface area contributed by atoms with Crippen LogP contribution >= 0.6 is 11.6 Å². The van der Waals surface area contributed by atoms with Crippen molar-refractivity contribution in [1.29, 1.82) is 0 Å². The number of hydrogen-bond donors (Lipinski definition) is 1. The monoisotopic (exact) mass is 504 g/mol. The summed E-state index contributed by atoms with van der Waals surface area (Å²) < 4.78 is 6.57. The topological polar surface area (TPSA) is 78.5 Å². The molecule has 3 aromatic rings. The standard InChI is InChI=1S/C29H29ClN2O4/c30-24-12-7-13-25(18-24)31-27(33)20-32-16-14-21(15-17-32)26(19-32)36-28(34)29(35,22-8-3-1-4-9-22)23-10-5-2-6-11-23/h1-13,18,21,26H,14-17,19-20H2,(H,31,33). The van der Waals surface area contributed by atoms with Gasteiger partial charge in [0.15, 0.2) is 12.6 Å². The maximum absolute atomic E-state index is 14.2. The van der Waals surface area contributed by atoms with E-state index in [4.69, 9.17) is 16.3 Å². The molecule has 0 spiro atoms. The largest absolute Gasteiger partial charge is 0.834 e. The van der Waals surface area contributed by atoms with Crippen LogP contribution < -0.4 is 10.4 Å². The molecule has 0 aliphatic carbocycles. The van der Waals surface area contributed by atoms with Crippen molar-refractivity contribution in [2.24, 2.45) is 5.92 Å². The van der Waals surface area contributed by atoms with Crippen molar-refractivity contribution >= 4 is 29.2 Å². The minimum absolute atomic E-state index is 0.102. The molecule has 186 valence electrons. The number of hydrogen-bond acceptors (Lipinski definition) is 4. The lowest BCUT2D eigenvalue weighted by atomic mass is 9.82. The second kappa shape index (κ2) is 10.1. The first kappa shape index (κ1) is 24.5. The zero-order valence-electron chi connectivity index (χ0n) is 19.9. The zero-order chi connectivity index (χ0) is 25.2. The molecule has 2 bridgehead atoms. The molecule has 3 aliphatic rings. The van der Waals surface area contributed by atoms with Crippen molar-refractivity contribution in [2.75, 3.05) is 31.5 Å². The van der Waals surface area contributed by atoms with Crippen LogP contribution in [0.5, 0.6) is 0 Å². The molecule has 3 saturated heterocycles. The Morgan fingerprint density at radius 1 is 0.944 bits per heavy atom. The van der Waals surface area contributed by atoms with E-state index in [1.165, 1.54) is 0 Å². The maximum atomic E-state index is 14.2. The number of ether oxygens (including phenoxy) is 1. The van der Waals surface area contributed by atoms with Crippen LogP contribution in [0, 0.1) is 5.92 Å². The van der Waals surface area contributed by atoms with Gasteiger partial charge in [-0.3, -0.25) is 9.59 Å². The number of piperidine rings is 3. The van der Waals surface area contributed by atoms with Gasteiger partial charge >= 0.3 is 5.97 Å². The van der Waals surface area contributed by atoms with Gasteiger partial charge in [-0.15, -0.1) is 0 Å². The molecule has 3 aliphatic heterocycles. The number of nitrogens with one attached hydrogen (secondary N) is 1. The number of halogens is 1. The number of carbonyl (C=O) groups excluding carboxylic acids is 2. The highest BCUT2D eigenvalue weighted by atomic mass is 35.5. The van der Waals surface area contributed by atoms with Gasteiger partial charge in [0, 0.05) is 35.1 Å². The van der Waals surface area contributed by atoms with Crippen molar-refractivity contribution in [1.82, 2.24) is 0 Å². The lowest BCUT2D eigenvalue weighted by Crippen LogP contribution is -2.67. The lowest BCUT2D eigenvalue weighted by Gasteiger charge is -2.52. The van der Waals surface area contributed by atoms with Crippen molar-refractivity contribution < 1.29 is 23.9 Å². The summed E-state index contributed by atoms with van der Waals surface area (Å²) in [6, 6.07) is 24.4. The molecule has 3 aromatic carbocycles. The zero-order valence-corrected chi connectivity index (χ0v) is 20.7. The lowest BCUT2D eigenvalue weighted by molar-refractivity contribution is -0.939. The molecule has 3 heterocycles. The number of fused-ring (bicyclic) bond motifs is 3. The van der Waals surface area contributed by atoms with Gasteiger partial charge in [-0.2, -0.15) is 0 Å². The minimum atomic E-state index is -2.16. The second-order valence-corrected chi connectivity index (χ2v) is 10.3. The van der Waals surface area contributed by atoms with E-state index in [-0.39, 0.29) is 18.4 Å². The predicted molar refractivity (Wildman–Crippen MR) is 136 cm³/mol. The summed E-state index contributed by atoms with van der Waals surface area (Å²) in [4.78, 5) is 26.5. The van der Waals surface area contributed by atoms with Crippen LogP contribution in [0.25, 0.3) is 0 Å². The van der Waals surface area contributed by atoms with Crippen molar-refractivity contribution in [2.45, 2.75) is 24.5 Å². The molecular formula is C29H29ClN2O4. The van der Waals surface area contributed by atoms with Gasteiger partial charge in [0.25, 0.3) is 5.91 Å². The van der Waals surface area contributed by atoms with Crippen LogP contribution in [0.2, 0.25) is 5.02 Å². The molecule has 0 saturated carbocycles. The van der Waals surface area contributed by atoms with Crippen LogP contribution in [0.15, 0.2) is 84.9 Å². The molecular weight excluding hydrogens is 476 g/mol. The predicted octanol–water partition coefficient (Wildman–Crippen LogP) is 3.73. The van der Waals surface area contributed by atoms with Crippen molar-refractivity contribution in [3.63, 3.8) is 0 Å². The molecule has 6 rings (SSSR count). The first-order valence-electron chi connectivity index (χ1n) is 12.3. The van der Waals surface area contributed by atoms with E-state index >= 15 is 0 Å². The first-order chi connectivity index (χ1) is 17.4. The Labute approximate surface area is 216 Å². The normalized spacial score (nSPS) is 23.2. The number of quaternary nitrogens is 1. The van der Waals surface area contributed by atoms with E-state index in [0.29, 0.717) is 32.9 Å². The average molecular weight is 505 g/mol. The summed E-state index contributed by atoms with van der Waals surface area (Å²) in [5.41, 5.74) is -0.800. The van der Waals surface area contributed by atoms with Gasteiger partial charge in [-0.05, 0) is 29.3 Å². The summed E-state index contributed by atoms with van der Waals surface area (Å²) in [6.45, 7) is 2.51. The molecule has 1 unspecified atom stereocenters. The molecule has 1 atom stereocenters. The molecule has 36 heavy (non-hydrogen) atoms. The van der Waals surface area contributed by atoms with E-state index in [2.05, 4.69) is 5.32 Å². The number of carbonyl (C=O) groups is 2. The highest BCUT2D eigenvalue weighted by Crippen LogP contribution is 2.37. The Bertz CT molecular complexity index is 1190. The van der Waals surface area contributed by atoms with Gasteiger partial charge in [0.05, 0.1) is 13.1 Å². The number of nitrogens with zero attached hydrogens (tertiary/aromatic N) is 1. The third kappa shape index (κ3) is 4.89. The molecule has 0 radical (unpaired) electrons. The Kier molecular flexibility index (Phi) is 6.84. The number of benzene rings is 3. The highest BCUT2D eigenvalue weighted by molar-refractivity contribution is 6.30. The summed E-state index contributed by atoms with van der Waals surface area (Å²) >= 11 is 6.04. The molecule has 1 amide bonds. The van der Waals surface area contributed by atoms with Crippen LogP contribution in [0.4, 0.5) is 5.69 Å². The summed E-state index contributed by atoms with van der Waals surface area (Å²) in [5, 5.41) is 17.7. The van der Waals surface area contributed by atoms with E-state index in [0.717, 1.165) is 25.9 Å². The molecule has 7 heteroatoms. The molecule has 6 nitrogen and oxygen atoms in total. The minimum Gasteiger partial charge on any atom is -0.834 e. The van der Waals surface area contributed by atoms with Gasteiger partial charge in [-0.1, -0.05) is 78.3 Å². The van der Waals surface area contributed by atoms with Crippen LogP contribution in [0.3, 0.4) is 0 Å². The first-order valence-corrected chi connectivity index (χ1v) is 12.7. The van der Waals surface area contributed by atoms with Gasteiger partial charge in [0.2, 0.25) is 0 Å². The fraction of sp³-hybridized carbons (Fsp3) is 0.310. The number of amides is 1. The SMILES string of the molecule is O=C(C[N+]12CCC(CC1)C(OC(=O)C([O-])(c1ccccc1)c1ccccc1)C2)Nc1cccc(Cl)c1. The Morgan fingerprint density at radius 2 is 1.56 bits per heavy atom. The fourth-order valence-corrected chi connectivity index (χ4v) is 5.81. The summed E-state index contributed by atoms with van der Waals surface area (Å²) in [7, 11) is 0. The van der Waals surface area contributed by atoms with Crippen molar-refractivity contribution in [3.8, 4) is 0 Å². The van der Waals surface area contributed by atoms with Gasteiger partial charge in [0.1, 0.15) is 6.54 Å². The van der Waals surface area contributed by atoms with E-state index in [1.807, 2.05) is 12.1 Å². The number of anilines is 1. The third-order valence-electron chi connectivity index (χ3n) is 7.54. The van der Waals surface area contributed by atoms with Crippen molar-refractivity contribution in [3.05, 3.63) is 101 Å². The summed E-state index contributed by atoms with van der Waals surface area (Å²) in [6.07, 6.45) is 1.30. The van der Waals surface area contributed by atoms with Crippen LogP contribution in [-0.2, 0) is 19.9 Å².